The standard InChI is InChI=1S/C18H25ClN2O3/c1-4-24-18(23)14-6-5-7-21(10-14)11-16(22)20-17-13(3)8-12(2)9-15(17)19/h8-9,14H,4-7,10-11H2,1-3H3,(H,20,22)/t14-/m1/s1. The molecule has 1 fully saturated rings. The minimum absolute atomic E-state index is 0.117. The first kappa shape index (κ1) is 18.7. The van der Waals surface area contributed by atoms with E-state index < -0.39 is 0 Å². The number of hydrogen-bond acceptors (Lipinski definition) is 4. The number of likely N-dealkylation sites (tertiary alicyclic amines) is 1. The molecule has 1 N–H and O–H groups in total. The Morgan fingerprint density at radius 2 is 2.12 bits per heavy atom. The monoisotopic (exact) mass is 352 g/mol. The third kappa shape index (κ3) is 4.95. The van der Waals surface area contributed by atoms with Crippen molar-refractivity contribution in [3.05, 3.63) is 28.3 Å². The molecule has 0 unspecified atom stereocenters. The molecule has 1 aliphatic rings. The van der Waals surface area contributed by atoms with E-state index in [1.54, 1.807) is 6.92 Å². The number of nitrogens with zero attached hydrogens (tertiary/aromatic N) is 1. The Kier molecular flexibility index (Phi) is 6.63. The highest BCUT2D eigenvalue weighted by molar-refractivity contribution is 6.34. The zero-order chi connectivity index (χ0) is 17.7. The molecular weight excluding hydrogens is 328 g/mol. The Morgan fingerprint density at radius 3 is 2.79 bits per heavy atom. The third-order valence-corrected chi connectivity index (χ3v) is 4.49. The van der Waals surface area contributed by atoms with E-state index in [1.807, 2.05) is 30.9 Å². The van der Waals surface area contributed by atoms with Crippen LogP contribution < -0.4 is 5.32 Å². The maximum Gasteiger partial charge on any atom is 0.310 e. The quantitative estimate of drug-likeness (QED) is 0.827. The van der Waals surface area contributed by atoms with Crippen LogP contribution in [0.25, 0.3) is 0 Å². The molecule has 1 aromatic rings. The zero-order valence-electron chi connectivity index (χ0n) is 14.5. The molecule has 0 saturated carbocycles. The number of ether oxygens (including phenoxy) is 1. The second-order valence-electron chi connectivity index (χ2n) is 6.31. The first-order valence-electron chi connectivity index (χ1n) is 8.36. The number of anilines is 1. The van der Waals surface area contributed by atoms with Crippen molar-refractivity contribution in [1.82, 2.24) is 4.90 Å². The van der Waals surface area contributed by atoms with Crippen LogP contribution in [0.2, 0.25) is 5.02 Å². The van der Waals surface area contributed by atoms with Gasteiger partial charge in [0.25, 0.3) is 0 Å². The number of amides is 1. The summed E-state index contributed by atoms with van der Waals surface area (Å²) in [6.07, 6.45) is 1.71. The van der Waals surface area contributed by atoms with E-state index in [9.17, 15) is 9.59 Å². The molecule has 0 aromatic heterocycles. The lowest BCUT2D eigenvalue weighted by Gasteiger charge is -2.30. The van der Waals surface area contributed by atoms with Gasteiger partial charge in [0.2, 0.25) is 5.91 Å². The highest BCUT2D eigenvalue weighted by Gasteiger charge is 2.27. The number of hydrogen-bond donors (Lipinski definition) is 1. The van der Waals surface area contributed by atoms with Crippen LogP contribution >= 0.6 is 11.6 Å². The maximum absolute atomic E-state index is 12.3. The maximum atomic E-state index is 12.3. The number of benzene rings is 1. The summed E-state index contributed by atoms with van der Waals surface area (Å²) < 4.78 is 5.09. The van der Waals surface area contributed by atoms with Crippen molar-refractivity contribution in [3.63, 3.8) is 0 Å². The fourth-order valence-corrected chi connectivity index (χ4v) is 3.48. The Hall–Kier alpha value is -1.59. The van der Waals surface area contributed by atoms with Gasteiger partial charge in [-0.2, -0.15) is 0 Å². The van der Waals surface area contributed by atoms with Gasteiger partial charge in [0, 0.05) is 6.54 Å². The summed E-state index contributed by atoms with van der Waals surface area (Å²) in [5.74, 6) is -0.426. The normalized spacial score (nSPS) is 18.2. The first-order valence-corrected chi connectivity index (χ1v) is 8.74. The smallest absolute Gasteiger partial charge is 0.310 e. The average Bonchev–Trinajstić information content (AvgIpc) is 2.51. The largest absolute Gasteiger partial charge is 0.466 e. The van der Waals surface area contributed by atoms with Gasteiger partial charge in [-0.25, -0.2) is 0 Å². The van der Waals surface area contributed by atoms with E-state index >= 15 is 0 Å². The summed E-state index contributed by atoms with van der Waals surface area (Å²) in [5.41, 5.74) is 2.66. The molecule has 1 heterocycles. The topological polar surface area (TPSA) is 58.6 Å². The molecule has 6 heteroatoms. The number of carbonyl (C=O) groups is 2. The second kappa shape index (κ2) is 8.49. The second-order valence-corrected chi connectivity index (χ2v) is 6.72. The van der Waals surface area contributed by atoms with Gasteiger partial charge >= 0.3 is 5.97 Å². The van der Waals surface area contributed by atoms with Crippen molar-refractivity contribution in [2.75, 3.05) is 31.6 Å². The Labute approximate surface area is 148 Å². The van der Waals surface area contributed by atoms with E-state index in [0.29, 0.717) is 23.9 Å². The van der Waals surface area contributed by atoms with Gasteiger partial charge in [0.15, 0.2) is 0 Å². The highest BCUT2D eigenvalue weighted by Crippen LogP contribution is 2.27. The van der Waals surface area contributed by atoms with E-state index in [4.69, 9.17) is 16.3 Å². The van der Waals surface area contributed by atoms with E-state index in [2.05, 4.69) is 5.32 Å². The van der Waals surface area contributed by atoms with E-state index in [1.165, 1.54) is 0 Å². The number of piperidine rings is 1. The molecule has 1 atom stereocenters. The molecular formula is C18H25ClN2O3. The highest BCUT2D eigenvalue weighted by atomic mass is 35.5. The molecule has 0 bridgehead atoms. The Morgan fingerprint density at radius 1 is 1.38 bits per heavy atom. The lowest BCUT2D eigenvalue weighted by atomic mass is 9.98. The summed E-state index contributed by atoms with van der Waals surface area (Å²) in [6, 6.07) is 3.82. The number of aryl methyl sites for hydroxylation is 2. The SMILES string of the molecule is CCOC(=O)[C@@H]1CCCN(CC(=O)Nc2c(C)cc(C)cc2Cl)C1. The predicted molar refractivity (Wildman–Crippen MR) is 95.4 cm³/mol. The summed E-state index contributed by atoms with van der Waals surface area (Å²) in [5, 5.41) is 3.44. The van der Waals surface area contributed by atoms with Gasteiger partial charge in [0.05, 0.1) is 29.8 Å². The van der Waals surface area contributed by atoms with Gasteiger partial charge in [-0.3, -0.25) is 14.5 Å². The summed E-state index contributed by atoms with van der Waals surface area (Å²) in [4.78, 5) is 26.2. The molecule has 1 aromatic carbocycles. The lowest BCUT2D eigenvalue weighted by Crippen LogP contribution is -2.43. The van der Waals surface area contributed by atoms with Crippen LogP contribution in [0.5, 0.6) is 0 Å². The fraction of sp³-hybridized carbons (Fsp3) is 0.556. The average molecular weight is 353 g/mol. The molecule has 1 amide bonds. The molecule has 1 aliphatic heterocycles. The molecule has 2 rings (SSSR count). The van der Waals surface area contributed by atoms with Gasteiger partial charge < -0.3 is 10.1 Å². The summed E-state index contributed by atoms with van der Waals surface area (Å²) in [6.45, 7) is 7.71. The van der Waals surface area contributed by atoms with E-state index in [0.717, 1.165) is 30.5 Å². The zero-order valence-corrected chi connectivity index (χ0v) is 15.3. The summed E-state index contributed by atoms with van der Waals surface area (Å²) in [7, 11) is 0. The minimum Gasteiger partial charge on any atom is -0.466 e. The van der Waals surface area contributed by atoms with Crippen molar-refractivity contribution in [2.24, 2.45) is 5.92 Å². The van der Waals surface area contributed by atoms with Crippen molar-refractivity contribution in [3.8, 4) is 0 Å². The van der Waals surface area contributed by atoms with Gasteiger partial charge in [-0.1, -0.05) is 17.7 Å². The molecule has 132 valence electrons. The van der Waals surface area contributed by atoms with Crippen molar-refractivity contribution < 1.29 is 14.3 Å². The van der Waals surface area contributed by atoms with Crippen LogP contribution in [0, 0.1) is 19.8 Å². The van der Waals surface area contributed by atoms with Crippen molar-refractivity contribution >= 4 is 29.2 Å². The fourth-order valence-electron chi connectivity index (χ4n) is 3.11. The predicted octanol–water partition coefficient (Wildman–Crippen LogP) is 3.17. The first-order chi connectivity index (χ1) is 11.4. The van der Waals surface area contributed by atoms with Crippen LogP contribution in [0.1, 0.15) is 30.9 Å². The van der Waals surface area contributed by atoms with E-state index in [-0.39, 0.29) is 24.3 Å². The van der Waals surface area contributed by atoms with Gasteiger partial charge in [-0.15, -0.1) is 0 Å². The van der Waals surface area contributed by atoms with Gasteiger partial charge in [0.1, 0.15) is 0 Å². The molecule has 0 aliphatic carbocycles. The number of rotatable bonds is 5. The third-order valence-electron chi connectivity index (χ3n) is 4.19. The minimum atomic E-state index is -0.167. The van der Waals surface area contributed by atoms with Gasteiger partial charge in [-0.05, 0) is 57.4 Å². The van der Waals surface area contributed by atoms with Crippen LogP contribution in [-0.4, -0.2) is 43.0 Å². The molecule has 0 radical (unpaired) electrons. The molecule has 1 saturated heterocycles. The van der Waals surface area contributed by atoms with Crippen LogP contribution in [0.15, 0.2) is 12.1 Å². The number of esters is 1. The van der Waals surface area contributed by atoms with Crippen molar-refractivity contribution in [2.45, 2.75) is 33.6 Å². The van der Waals surface area contributed by atoms with Crippen molar-refractivity contribution in [1.29, 1.82) is 0 Å². The lowest BCUT2D eigenvalue weighted by molar-refractivity contribution is -0.150. The van der Waals surface area contributed by atoms with Crippen LogP contribution in [0.3, 0.4) is 0 Å². The molecule has 0 spiro atoms. The Bertz CT molecular complexity index is 595. The molecule has 24 heavy (non-hydrogen) atoms. The Balaban J connectivity index is 1.94. The number of halogens is 1. The molecule has 5 nitrogen and oxygen atoms in total. The van der Waals surface area contributed by atoms with Crippen LogP contribution in [-0.2, 0) is 14.3 Å². The number of carbonyl (C=O) groups excluding carboxylic acids is 2. The van der Waals surface area contributed by atoms with Crippen LogP contribution in [0.4, 0.5) is 5.69 Å². The summed E-state index contributed by atoms with van der Waals surface area (Å²) >= 11 is 6.23. The number of nitrogens with one attached hydrogen (secondary N) is 1.